The van der Waals surface area contributed by atoms with Gasteiger partial charge in [-0.15, -0.1) is 0 Å². The second kappa shape index (κ2) is 9.59. The second-order valence-corrected chi connectivity index (χ2v) is 7.71. The van der Waals surface area contributed by atoms with Gasteiger partial charge >= 0.3 is 0 Å². The Balaban J connectivity index is 1.80. The maximum absolute atomic E-state index is 12.1. The average Bonchev–Trinajstić information content (AvgIpc) is 3.04. The highest BCUT2D eigenvalue weighted by molar-refractivity contribution is 5.80. The van der Waals surface area contributed by atoms with E-state index in [9.17, 15) is 4.79 Å². The van der Waals surface area contributed by atoms with E-state index in [4.69, 9.17) is 0 Å². The third-order valence-corrected chi connectivity index (χ3v) is 4.64. The number of aromatic nitrogens is 2. The highest BCUT2D eigenvalue weighted by Gasteiger charge is 2.24. The molecule has 2 heterocycles. The van der Waals surface area contributed by atoms with E-state index in [0.29, 0.717) is 18.5 Å². The zero-order valence-electron chi connectivity index (χ0n) is 16.8. The Hall–Kier alpha value is -2.05. The molecule has 0 unspecified atom stereocenters. The molecule has 1 aliphatic heterocycles. The standard InChI is InChI=1S/C19H34N6O/c1-14(2)13-25-11-8-21-17(25)12-22-19(20-5)23-16-6-9-24(10-7-16)18(26)15(3)4/h8,11,14-16H,6-7,9-10,12-13H2,1-5H3,(H2,20,22,23). The number of guanidine groups is 1. The zero-order valence-corrected chi connectivity index (χ0v) is 16.8. The van der Waals surface area contributed by atoms with Gasteiger partial charge in [0.2, 0.25) is 5.91 Å². The van der Waals surface area contributed by atoms with E-state index in [1.807, 2.05) is 31.1 Å². The summed E-state index contributed by atoms with van der Waals surface area (Å²) in [5, 5.41) is 6.84. The molecule has 2 rings (SSSR count). The third-order valence-electron chi connectivity index (χ3n) is 4.64. The van der Waals surface area contributed by atoms with Gasteiger partial charge in [-0.1, -0.05) is 27.7 Å². The number of hydrogen-bond donors (Lipinski definition) is 2. The maximum atomic E-state index is 12.1. The van der Waals surface area contributed by atoms with Crippen molar-refractivity contribution in [1.29, 1.82) is 0 Å². The molecule has 0 radical (unpaired) electrons. The van der Waals surface area contributed by atoms with Crippen molar-refractivity contribution >= 4 is 11.9 Å². The maximum Gasteiger partial charge on any atom is 0.225 e. The number of hydrogen-bond acceptors (Lipinski definition) is 3. The van der Waals surface area contributed by atoms with Crippen LogP contribution in [-0.2, 0) is 17.9 Å². The topological polar surface area (TPSA) is 74.6 Å². The Kier molecular flexibility index (Phi) is 7.48. The summed E-state index contributed by atoms with van der Waals surface area (Å²) in [4.78, 5) is 22.8. The van der Waals surface area contributed by atoms with Crippen LogP contribution < -0.4 is 10.6 Å². The van der Waals surface area contributed by atoms with Crippen molar-refractivity contribution < 1.29 is 4.79 Å². The molecule has 0 aliphatic carbocycles. The number of aliphatic imine (C=N–C) groups is 1. The van der Waals surface area contributed by atoms with Crippen LogP contribution in [0.1, 0.15) is 46.4 Å². The largest absolute Gasteiger partial charge is 0.354 e. The molecule has 1 fully saturated rings. The molecule has 1 amide bonds. The van der Waals surface area contributed by atoms with Gasteiger partial charge in [-0.2, -0.15) is 0 Å². The Morgan fingerprint density at radius 2 is 2.00 bits per heavy atom. The first-order chi connectivity index (χ1) is 12.4. The highest BCUT2D eigenvalue weighted by atomic mass is 16.2. The molecule has 0 saturated carbocycles. The summed E-state index contributed by atoms with van der Waals surface area (Å²) in [5.74, 6) is 2.71. The van der Waals surface area contributed by atoms with Crippen LogP contribution >= 0.6 is 0 Å². The third kappa shape index (κ3) is 5.75. The number of imidazole rings is 1. The highest BCUT2D eigenvalue weighted by Crippen LogP contribution is 2.13. The molecule has 0 atom stereocenters. The van der Waals surface area contributed by atoms with Crippen LogP contribution in [0.15, 0.2) is 17.4 Å². The average molecular weight is 363 g/mol. The number of carbonyl (C=O) groups excluding carboxylic acids is 1. The molecular formula is C19H34N6O. The van der Waals surface area contributed by atoms with E-state index >= 15 is 0 Å². The summed E-state index contributed by atoms with van der Waals surface area (Å²) >= 11 is 0. The van der Waals surface area contributed by atoms with Crippen molar-refractivity contribution in [3.8, 4) is 0 Å². The van der Waals surface area contributed by atoms with Gasteiger partial charge in [0, 0.05) is 51.0 Å². The summed E-state index contributed by atoms with van der Waals surface area (Å²) in [6, 6.07) is 0.341. The molecule has 26 heavy (non-hydrogen) atoms. The van der Waals surface area contributed by atoms with Gasteiger partial charge in [0.25, 0.3) is 0 Å². The van der Waals surface area contributed by atoms with Crippen LogP contribution in [0, 0.1) is 11.8 Å². The lowest BCUT2D eigenvalue weighted by Crippen LogP contribution is -2.50. The Morgan fingerprint density at radius 3 is 2.58 bits per heavy atom. The number of piperidine rings is 1. The predicted molar refractivity (Wildman–Crippen MR) is 105 cm³/mol. The Bertz CT molecular complexity index is 599. The lowest BCUT2D eigenvalue weighted by atomic mass is 10.0. The Labute approximate surface area is 157 Å². The summed E-state index contributed by atoms with van der Waals surface area (Å²) in [6.07, 6.45) is 5.76. The van der Waals surface area contributed by atoms with Crippen molar-refractivity contribution in [3.05, 3.63) is 18.2 Å². The monoisotopic (exact) mass is 362 g/mol. The summed E-state index contributed by atoms with van der Waals surface area (Å²) < 4.78 is 2.18. The van der Waals surface area contributed by atoms with Crippen molar-refractivity contribution in [2.45, 2.75) is 59.7 Å². The first-order valence-corrected chi connectivity index (χ1v) is 9.66. The van der Waals surface area contributed by atoms with Crippen LogP contribution in [0.25, 0.3) is 0 Å². The Morgan fingerprint density at radius 1 is 1.31 bits per heavy atom. The van der Waals surface area contributed by atoms with Crippen molar-refractivity contribution in [1.82, 2.24) is 25.1 Å². The van der Waals surface area contributed by atoms with Gasteiger partial charge in [0.15, 0.2) is 5.96 Å². The second-order valence-electron chi connectivity index (χ2n) is 7.71. The lowest BCUT2D eigenvalue weighted by molar-refractivity contribution is -0.135. The normalized spacial score (nSPS) is 16.4. The van der Waals surface area contributed by atoms with E-state index in [-0.39, 0.29) is 11.8 Å². The zero-order chi connectivity index (χ0) is 19.1. The van der Waals surface area contributed by atoms with Crippen molar-refractivity contribution in [2.24, 2.45) is 16.8 Å². The summed E-state index contributed by atoms with van der Waals surface area (Å²) in [7, 11) is 1.79. The van der Waals surface area contributed by atoms with E-state index in [1.54, 1.807) is 7.05 Å². The molecule has 0 aromatic carbocycles. The van der Waals surface area contributed by atoms with Crippen LogP contribution in [0.4, 0.5) is 0 Å². The van der Waals surface area contributed by atoms with Crippen LogP contribution in [0.2, 0.25) is 0 Å². The summed E-state index contributed by atoms with van der Waals surface area (Å²) in [6.45, 7) is 11.6. The van der Waals surface area contributed by atoms with E-state index in [2.05, 4.69) is 39.0 Å². The number of likely N-dealkylation sites (tertiary alicyclic amines) is 1. The molecule has 1 saturated heterocycles. The van der Waals surface area contributed by atoms with Crippen LogP contribution in [0.3, 0.4) is 0 Å². The molecule has 7 nitrogen and oxygen atoms in total. The van der Waals surface area contributed by atoms with Gasteiger partial charge in [0.05, 0.1) is 6.54 Å². The van der Waals surface area contributed by atoms with E-state index in [0.717, 1.165) is 44.3 Å². The van der Waals surface area contributed by atoms with Crippen LogP contribution in [0.5, 0.6) is 0 Å². The SMILES string of the molecule is CN=C(NCc1nccn1CC(C)C)NC1CCN(C(=O)C(C)C)CC1. The van der Waals surface area contributed by atoms with Crippen molar-refractivity contribution in [3.63, 3.8) is 0 Å². The molecule has 0 bridgehead atoms. The van der Waals surface area contributed by atoms with Crippen LogP contribution in [-0.4, -0.2) is 52.5 Å². The minimum Gasteiger partial charge on any atom is -0.354 e. The van der Waals surface area contributed by atoms with Gasteiger partial charge in [-0.25, -0.2) is 4.98 Å². The van der Waals surface area contributed by atoms with Gasteiger partial charge in [0.1, 0.15) is 5.82 Å². The van der Waals surface area contributed by atoms with Gasteiger partial charge in [-0.3, -0.25) is 9.79 Å². The van der Waals surface area contributed by atoms with Gasteiger partial charge in [-0.05, 0) is 18.8 Å². The van der Waals surface area contributed by atoms with E-state index in [1.165, 1.54) is 0 Å². The number of amides is 1. The molecule has 1 aromatic heterocycles. The molecule has 1 aromatic rings. The lowest BCUT2D eigenvalue weighted by Gasteiger charge is -2.34. The van der Waals surface area contributed by atoms with Gasteiger partial charge < -0.3 is 20.1 Å². The van der Waals surface area contributed by atoms with E-state index < -0.39 is 0 Å². The quantitative estimate of drug-likeness (QED) is 0.598. The molecule has 146 valence electrons. The number of nitrogens with one attached hydrogen (secondary N) is 2. The smallest absolute Gasteiger partial charge is 0.225 e. The first kappa shape index (κ1) is 20.3. The predicted octanol–water partition coefficient (Wildman–Crippen LogP) is 1.85. The number of nitrogens with zero attached hydrogens (tertiary/aromatic N) is 4. The number of rotatable bonds is 6. The fourth-order valence-corrected chi connectivity index (χ4v) is 3.23. The molecule has 7 heteroatoms. The molecule has 2 N–H and O–H groups in total. The first-order valence-electron chi connectivity index (χ1n) is 9.66. The fourth-order valence-electron chi connectivity index (χ4n) is 3.23. The van der Waals surface area contributed by atoms with Crippen molar-refractivity contribution in [2.75, 3.05) is 20.1 Å². The molecular weight excluding hydrogens is 328 g/mol. The minimum atomic E-state index is 0.0727. The minimum absolute atomic E-state index is 0.0727. The summed E-state index contributed by atoms with van der Waals surface area (Å²) in [5.41, 5.74) is 0. The fraction of sp³-hybridized carbons (Fsp3) is 0.737. The molecule has 1 aliphatic rings. The number of carbonyl (C=O) groups is 1. The molecule has 0 spiro atoms.